The number of fused-ring (bicyclic) bond motifs is 1. The Morgan fingerprint density at radius 1 is 1.35 bits per heavy atom. The molecule has 1 aromatic carbocycles. The van der Waals surface area contributed by atoms with E-state index in [1.165, 1.54) is 0 Å². The van der Waals surface area contributed by atoms with Gasteiger partial charge in [0.05, 0.1) is 12.5 Å². The molecule has 2 heterocycles. The summed E-state index contributed by atoms with van der Waals surface area (Å²) < 4.78 is 1.66. The SMILES string of the molecule is Nc1nc2n(n1)[C@@H](c1ccccc1)CC(=O)N2. The molecule has 1 amide bonds. The second-order valence-electron chi connectivity index (χ2n) is 3.92. The fraction of sp³-hybridized carbons (Fsp3) is 0.182. The molecule has 3 N–H and O–H groups in total. The smallest absolute Gasteiger partial charge is 0.241 e. The highest BCUT2D eigenvalue weighted by Gasteiger charge is 2.28. The second kappa shape index (κ2) is 3.58. The molecule has 86 valence electrons. The highest BCUT2D eigenvalue weighted by atomic mass is 16.2. The number of aromatic nitrogens is 3. The van der Waals surface area contributed by atoms with E-state index in [0.717, 1.165) is 5.56 Å². The van der Waals surface area contributed by atoms with Gasteiger partial charge < -0.3 is 5.73 Å². The zero-order chi connectivity index (χ0) is 11.8. The number of nitrogens with one attached hydrogen (secondary N) is 1. The van der Waals surface area contributed by atoms with Crippen LogP contribution in [0.15, 0.2) is 30.3 Å². The van der Waals surface area contributed by atoms with Crippen LogP contribution in [0.4, 0.5) is 11.9 Å². The van der Waals surface area contributed by atoms with E-state index >= 15 is 0 Å². The number of carbonyl (C=O) groups is 1. The minimum Gasteiger partial charge on any atom is -0.366 e. The lowest BCUT2D eigenvalue weighted by Gasteiger charge is -2.23. The van der Waals surface area contributed by atoms with E-state index in [1.807, 2.05) is 30.3 Å². The van der Waals surface area contributed by atoms with Gasteiger partial charge in [-0.25, -0.2) is 4.68 Å². The summed E-state index contributed by atoms with van der Waals surface area (Å²) in [5.74, 6) is 0.509. The average molecular weight is 229 g/mol. The first kappa shape index (κ1) is 9.83. The van der Waals surface area contributed by atoms with Crippen molar-refractivity contribution in [2.75, 3.05) is 11.1 Å². The van der Waals surface area contributed by atoms with Crippen LogP contribution in [0.25, 0.3) is 0 Å². The molecule has 1 aliphatic heterocycles. The van der Waals surface area contributed by atoms with Crippen LogP contribution in [-0.2, 0) is 4.79 Å². The molecule has 0 fully saturated rings. The third-order valence-corrected chi connectivity index (χ3v) is 2.76. The molecule has 0 saturated carbocycles. The lowest BCUT2D eigenvalue weighted by Crippen LogP contribution is -2.29. The van der Waals surface area contributed by atoms with Gasteiger partial charge in [0.2, 0.25) is 17.8 Å². The van der Waals surface area contributed by atoms with Gasteiger partial charge in [-0.15, -0.1) is 5.10 Å². The summed E-state index contributed by atoms with van der Waals surface area (Å²) in [5, 5.41) is 6.76. The second-order valence-corrected chi connectivity index (χ2v) is 3.92. The Balaban J connectivity index is 2.09. The molecule has 1 aliphatic rings. The summed E-state index contributed by atoms with van der Waals surface area (Å²) in [6, 6.07) is 9.59. The number of hydrogen-bond acceptors (Lipinski definition) is 4. The zero-order valence-electron chi connectivity index (χ0n) is 9.00. The van der Waals surface area contributed by atoms with E-state index in [0.29, 0.717) is 12.4 Å². The summed E-state index contributed by atoms with van der Waals surface area (Å²) in [6.45, 7) is 0. The van der Waals surface area contributed by atoms with Gasteiger partial charge in [-0.05, 0) is 5.56 Å². The third kappa shape index (κ3) is 1.63. The Hall–Kier alpha value is -2.37. The molecule has 2 aromatic rings. The minimum absolute atomic E-state index is 0.0706. The first-order valence-electron chi connectivity index (χ1n) is 5.31. The number of carbonyl (C=O) groups excluding carboxylic acids is 1. The molecule has 0 bridgehead atoms. The Morgan fingerprint density at radius 3 is 2.88 bits per heavy atom. The summed E-state index contributed by atoms with van der Waals surface area (Å²) >= 11 is 0. The number of hydrogen-bond donors (Lipinski definition) is 2. The van der Waals surface area contributed by atoms with Crippen molar-refractivity contribution in [3.05, 3.63) is 35.9 Å². The lowest BCUT2D eigenvalue weighted by molar-refractivity contribution is -0.117. The van der Waals surface area contributed by atoms with Crippen LogP contribution in [-0.4, -0.2) is 20.7 Å². The molecule has 17 heavy (non-hydrogen) atoms. The van der Waals surface area contributed by atoms with E-state index < -0.39 is 0 Å². The molecular formula is C11H11N5O. The average Bonchev–Trinajstić information content (AvgIpc) is 2.69. The fourth-order valence-corrected chi connectivity index (χ4v) is 2.01. The highest BCUT2D eigenvalue weighted by molar-refractivity contribution is 5.91. The summed E-state index contributed by atoms with van der Waals surface area (Å²) in [5.41, 5.74) is 6.57. The highest BCUT2D eigenvalue weighted by Crippen LogP contribution is 2.28. The van der Waals surface area contributed by atoms with Crippen LogP contribution in [0.1, 0.15) is 18.0 Å². The van der Waals surface area contributed by atoms with Gasteiger partial charge in [-0.2, -0.15) is 4.98 Å². The molecule has 1 atom stereocenters. The molecule has 1 aromatic heterocycles. The van der Waals surface area contributed by atoms with Crippen LogP contribution in [0.2, 0.25) is 0 Å². The zero-order valence-corrected chi connectivity index (χ0v) is 9.00. The number of nitrogen functional groups attached to an aromatic ring is 1. The number of anilines is 2. The molecule has 3 rings (SSSR count). The van der Waals surface area contributed by atoms with E-state index in [-0.39, 0.29) is 17.9 Å². The number of benzene rings is 1. The number of nitrogens with zero attached hydrogens (tertiary/aromatic N) is 3. The Kier molecular flexibility index (Phi) is 2.07. The largest absolute Gasteiger partial charge is 0.366 e. The minimum atomic E-state index is -0.134. The molecule has 6 heteroatoms. The fourth-order valence-electron chi connectivity index (χ4n) is 2.01. The van der Waals surface area contributed by atoms with Crippen LogP contribution in [0.5, 0.6) is 0 Å². The van der Waals surface area contributed by atoms with Gasteiger partial charge in [-0.1, -0.05) is 30.3 Å². The van der Waals surface area contributed by atoms with Gasteiger partial charge in [0.25, 0.3) is 0 Å². The Morgan fingerprint density at radius 2 is 2.12 bits per heavy atom. The van der Waals surface area contributed by atoms with Crippen LogP contribution in [0.3, 0.4) is 0 Å². The maximum absolute atomic E-state index is 11.6. The number of rotatable bonds is 1. The quantitative estimate of drug-likeness (QED) is 0.757. The molecule has 0 unspecified atom stereocenters. The van der Waals surface area contributed by atoms with Crippen LogP contribution in [0, 0.1) is 0 Å². The van der Waals surface area contributed by atoms with Crippen molar-refractivity contribution in [1.29, 1.82) is 0 Å². The Labute approximate surface area is 97.5 Å². The summed E-state index contributed by atoms with van der Waals surface area (Å²) in [6.07, 6.45) is 0.347. The van der Waals surface area contributed by atoms with Crippen LogP contribution >= 0.6 is 0 Å². The maximum atomic E-state index is 11.6. The monoisotopic (exact) mass is 229 g/mol. The van der Waals surface area contributed by atoms with Gasteiger partial charge in [0.1, 0.15) is 0 Å². The summed E-state index contributed by atoms with van der Waals surface area (Å²) in [4.78, 5) is 15.6. The first-order valence-corrected chi connectivity index (χ1v) is 5.31. The van der Waals surface area contributed by atoms with Crippen molar-refractivity contribution in [2.24, 2.45) is 0 Å². The van der Waals surface area contributed by atoms with E-state index in [2.05, 4.69) is 15.4 Å². The summed E-state index contributed by atoms with van der Waals surface area (Å²) in [7, 11) is 0. The van der Waals surface area contributed by atoms with Gasteiger partial charge in [0, 0.05) is 0 Å². The van der Waals surface area contributed by atoms with Crippen molar-refractivity contribution in [1.82, 2.24) is 14.8 Å². The number of amides is 1. The molecule has 6 nitrogen and oxygen atoms in total. The Bertz CT molecular complexity index is 562. The van der Waals surface area contributed by atoms with Crippen molar-refractivity contribution < 1.29 is 4.79 Å². The van der Waals surface area contributed by atoms with E-state index in [9.17, 15) is 4.79 Å². The van der Waals surface area contributed by atoms with Crippen molar-refractivity contribution in [2.45, 2.75) is 12.5 Å². The topological polar surface area (TPSA) is 85.8 Å². The van der Waals surface area contributed by atoms with Crippen LogP contribution < -0.4 is 11.1 Å². The molecular weight excluding hydrogens is 218 g/mol. The standard InChI is InChI=1S/C11H11N5O/c12-10-14-11-13-9(17)6-8(16(11)15-10)7-4-2-1-3-5-7/h1-5,8H,6H2,(H3,12,13,14,15,17)/t8-/m1/s1. The van der Waals surface area contributed by atoms with Gasteiger partial charge >= 0.3 is 0 Å². The van der Waals surface area contributed by atoms with E-state index in [4.69, 9.17) is 5.73 Å². The maximum Gasteiger partial charge on any atom is 0.241 e. The first-order chi connectivity index (χ1) is 8.24. The van der Waals surface area contributed by atoms with E-state index in [1.54, 1.807) is 4.68 Å². The molecule has 0 aliphatic carbocycles. The molecule has 0 radical (unpaired) electrons. The predicted octanol–water partition coefficient (Wildman–Crippen LogP) is 0.792. The predicted molar refractivity (Wildman–Crippen MR) is 62.3 cm³/mol. The van der Waals surface area contributed by atoms with Gasteiger partial charge in [-0.3, -0.25) is 10.1 Å². The van der Waals surface area contributed by atoms with Crippen molar-refractivity contribution >= 4 is 17.8 Å². The van der Waals surface area contributed by atoms with Crippen molar-refractivity contribution in [3.63, 3.8) is 0 Å². The van der Waals surface area contributed by atoms with Gasteiger partial charge in [0.15, 0.2) is 0 Å². The normalized spacial score (nSPS) is 18.6. The van der Waals surface area contributed by atoms with Crippen molar-refractivity contribution in [3.8, 4) is 0 Å². The molecule has 0 spiro atoms. The third-order valence-electron chi connectivity index (χ3n) is 2.76. The lowest BCUT2D eigenvalue weighted by atomic mass is 10.0. The number of nitrogens with two attached hydrogens (primary N) is 1. The molecule has 0 saturated heterocycles.